The highest BCUT2D eigenvalue weighted by molar-refractivity contribution is 7.85. The van der Waals surface area contributed by atoms with Crippen molar-refractivity contribution in [3.63, 3.8) is 0 Å². The standard InChI is InChI=1S/C11H14N2O3S/c14-11(15)9-2-1-3-10(13-9)12-8-4-6-17(16)7-5-8/h1-3,8H,4-7H2,(H,12,13)(H,14,15). The fourth-order valence-corrected chi connectivity index (χ4v) is 3.08. The van der Waals surface area contributed by atoms with Crippen molar-refractivity contribution in [1.29, 1.82) is 0 Å². The van der Waals surface area contributed by atoms with Crippen molar-refractivity contribution < 1.29 is 14.1 Å². The Bertz CT molecular complexity index is 440. The van der Waals surface area contributed by atoms with Gasteiger partial charge in [0.2, 0.25) is 0 Å². The first-order chi connectivity index (χ1) is 8.15. The van der Waals surface area contributed by atoms with Crippen molar-refractivity contribution in [3.05, 3.63) is 23.9 Å². The van der Waals surface area contributed by atoms with Gasteiger partial charge in [-0.3, -0.25) is 4.21 Å². The number of anilines is 1. The molecule has 0 radical (unpaired) electrons. The van der Waals surface area contributed by atoms with Crippen molar-refractivity contribution in [2.45, 2.75) is 18.9 Å². The largest absolute Gasteiger partial charge is 0.477 e. The molecule has 1 aliphatic heterocycles. The molecule has 2 rings (SSSR count). The average Bonchev–Trinajstić information content (AvgIpc) is 2.32. The van der Waals surface area contributed by atoms with E-state index in [1.807, 2.05) is 0 Å². The minimum atomic E-state index is -1.03. The number of hydrogen-bond acceptors (Lipinski definition) is 4. The fraction of sp³-hybridized carbons (Fsp3) is 0.455. The summed E-state index contributed by atoms with van der Waals surface area (Å²) < 4.78 is 11.2. The normalized spacial score (nSPS) is 24.2. The molecule has 0 aliphatic carbocycles. The van der Waals surface area contributed by atoms with Gasteiger partial charge in [-0.1, -0.05) is 6.07 Å². The summed E-state index contributed by atoms with van der Waals surface area (Å²) in [6.45, 7) is 0. The number of pyridine rings is 1. The third-order valence-electron chi connectivity index (χ3n) is 2.71. The van der Waals surface area contributed by atoms with Gasteiger partial charge in [-0.05, 0) is 25.0 Å². The molecule has 1 saturated heterocycles. The first-order valence-corrected chi connectivity index (χ1v) is 6.96. The molecule has 6 heteroatoms. The van der Waals surface area contributed by atoms with Crippen molar-refractivity contribution in [3.8, 4) is 0 Å². The molecule has 0 saturated carbocycles. The number of nitrogens with zero attached hydrogens (tertiary/aromatic N) is 1. The summed E-state index contributed by atoms with van der Waals surface area (Å²) in [5, 5.41) is 12.0. The minimum absolute atomic E-state index is 0.0365. The molecule has 0 spiro atoms. The maximum absolute atomic E-state index is 11.2. The number of aromatic nitrogens is 1. The molecule has 0 aromatic carbocycles. The van der Waals surface area contributed by atoms with Crippen LogP contribution in [0.4, 0.5) is 5.82 Å². The van der Waals surface area contributed by atoms with Gasteiger partial charge in [0.25, 0.3) is 0 Å². The van der Waals surface area contributed by atoms with Crippen molar-refractivity contribution >= 4 is 22.6 Å². The summed E-state index contributed by atoms with van der Waals surface area (Å²) >= 11 is 0. The van der Waals surface area contributed by atoms with E-state index in [-0.39, 0.29) is 11.7 Å². The predicted octanol–water partition coefficient (Wildman–Crippen LogP) is 1.10. The van der Waals surface area contributed by atoms with Gasteiger partial charge in [-0.25, -0.2) is 9.78 Å². The molecule has 0 unspecified atom stereocenters. The van der Waals surface area contributed by atoms with E-state index >= 15 is 0 Å². The van der Waals surface area contributed by atoms with Gasteiger partial charge in [-0.2, -0.15) is 0 Å². The maximum Gasteiger partial charge on any atom is 0.354 e. The molecule has 17 heavy (non-hydrogen) atoms. The van der Waals surface area contributed by atoms with Crippen molar-refractivity contribution in [2.24, 2.45) is 0 Å². The molecule has 5 nitrogen and oxygen atoms in total. The van der Waals surface area contributed by atoms with Crippen LogP contribution in [-0.4, -0.2) is 37.8 Å². The summed E-state index contributed by atoms with van der Waals surface area (Å²) in [5.41, 5.74) is 0.0365. The van der Waals surface area contributed by atoms with E-state index in [9.17, 15) is 9.00 Å². The van der Waals surface area contributed by atoms with Crippen LogP contribution in [0.5, 0.6) is 0 Å². The SMILES string of the molecule is O=C(O)c1cccc(NC2CCS(=O)CC2)n1. The van der Waals surface area contributed by atoms with Gasteiger partial charge in [0.05, 0.1) is 0 Å². The monoisotopic (exact) mass is 254 g/mol. The molecule has 0 bridgehead atoms. The van der Waals surface area contributed by atoms with Gasteiger partial charge < -0.3 is 10.4 Å². The Morgan fingerprint density at radius 3 is 2.76 bits per heavy atom. The molecular formula is C11H14N2O3S. The number of rotatable bonds is 3. The van der Waals surface area contributed by atoms with Gasteiger partial charge in [0.1, 0.15) is 5.82 Å². The van der Waals surface area contributed by atoms with Crippen LogP contribution in [0.15, 0.2) is 18.2 Å². The van der Waals surface area contributed by atoms with Crippen molar-refractivity contribution in [1.82, 2.24) is 4.98 Å². The lowest BCUT2D eigenvalue weighted by molar-refractivity contribution is 0.0690. The zero-order chi connectivity index (χ0) is 12.3. The first kappa shape index (κ1) is 12.0. The zero-order valence-corrected chi connectivity index (χ0v) is 10.1. The van der Waals surface area contributed by atoms with Gasteiger partial charge in [-0.15, -0.1) is 0 Å². The van der Waals surface area contributed by atoms with Crippen LogP contribution < -0.4 is 5.32 Å². The van der Waals surface area contributed by atoms with Gasteiger partial charge >= 0.3 is 5.97 Å². The Labute approximate surface area is 102 Å². The van der Waals surface area contributed by atoms with E-state index in [0.717, 1.165) is 12.8 Å². The highest BCUT2D eigenvalue weighted by Crippen LogP contribution is 2.15. The molecule has 1 fully saturated rings. The van der Waals surface area contributed by atoms with Crippen LogP contribution in [0.25, 0.3) is 0 Å². The Kier molecular flexibility index (Phi) is 3.73. The van der Waals surface area contributed by atoms with Crippen LogP contribution in [0.3, 0.4) is 0 Å². The zero-order valence-electron chi connectivity index (χ0n) is 9.26. The quantitative estimate of drug-likeness (QED) is 0.844. The molecule has 92 valence electrons. The number of carboxylic acid groups (broad SMARTS) is 1. The van der Waals surface area contributed by atoms with Crippen LogP contribution >= 0.6 is 0 Å². The average molecular weight is 254 g/mol. The number of hydrogen-bond donors (Lipinski definition) is 2. The van der Waals surface area contributed by atoms with E-state index in [1.54, 1.807) is 12.1 Å². The van der Waals surface area contributed by atoms with Crippen LogP contribution in [0.1, 0.15) is 23.3 Å². The maximum atomic E-state index is 11.2. The Morgan fingerprint density at radius 2 is 2.12 bits per heavy atom. The third-order valence-corrected chi connectivity index (χ3v) is 4.09. The molecule has 0 atom stereocenters. The Hall–Kier alpha value is -1.43. The van der Waals surface area contributed by atoms with E-state index in [2.05, 4.69) is 10.3 Å². The second-order valence-corrected chi connectivity index (χ2v) is 5.68. The van der Waals surface area contributed by atoms with Crippen LogP contribution in [0.2, 0.25) is 0 Å². The smallest absolute Gasteiger partial charge is 0.354 e. The van der Waals surface area contributed by atoms with E-state index in [1.165, 1.54) is 6.07 Å². The minimum Gasteiger partial charge on any atom is -0.477 e. The molecule has 1 aromatic heterocycles. The van der Waals surface area contributed by atoms with E-state index < -0.39 is 16.8 Å². The Morgan fingerprint density at radius 1 is 1.41 bits per heavy atom. The lowest BCUT2D eigenvalue weighted by Gasteiger charge is -2.23. The van der Waals surface area contributed by atoms with Gasteiger partial charge in [0.15, 0.2) is 5.69 Å². The lowest BCUT2D eigenvalue weighted by Crippen LogP contribution is -2.29. The summed E-state index contributed by atoms with van der Waals surface area (Å²) in [6, 6.07) is 5.12. The topological polar surface area (TPSA) is 79.3 Å². The summed E-state index contributed by atoms with van der Waals surface area (Å²) in [6.07, 6.45) is 1.68. The molecule has 1 aliphatic rings. The molecule has 2 heterocycles. The number of nitrogens with one attached hydrogen (secondary N) is 1. The molecule has 2 N–H and O–H groups in total. The highest BCUT2D eigenvalue weighted by atomic mass is 32.2. The Balaban J connectivity index is 2.01. The summed E-state index contributed by atoms with van der Waals surface area (Å²) in [4.78, 5) is 14.8. The van der Waals surface area contributed by atoms with Gasteiger partial charge in [0, 0.05) is 28.3 Å². The van der Waals surface area contributed by atoms with E-state index in [0.29, 0.717) is 17.3 Å². The second kappa shape index (κ2) is 5.27. The first-order valence-electron chi connectivity index (χ1n) is 5.47. The highest BCUT2D eigenvalue weighted by Gasteiger charge is 2.18. The van der Waals surface area contributed by atoms with Crippen LogP contribution in [-0.2, 0) is 10.8 Å². The predicted molar refractivity (Wildman–Crippen MR) is 65.7 cm³/mol. The fourth-order valence-electron chi connectivity index (χ4n) is 1.78. The second-order valence-electron chi connectivity index (χ2n) is 3.98. The van der Waals surface area contributed by atoms with Crippen LogP contribution in [0, 0.1) is 0 Å². The summed E-state index contributed by atoms with van der Waals surface area (Å²) in [7, 11) is -0.685. The van der Waals surface area contributed by atoms with Crippen molar-refractivity contribution in [2.75, 3.05) is 16.8 Å². The number of aromatic carboxylic acids is 1. The summed E-state index contributed by atoms with van der Waals surface area (Å²) in [5.74, 6) is 0.952. The molecule has 1 aromatic rings. The lowest BCUT2D eigenvalue weighted by atomic mass is 10.1. The number of carboxylic acids is 1. The third kappa shape index (κ3) is 3.26. The molecular weight excluding hydrogens is 240 g/mol. The molecule has 0 amide bonds. The number of carbonyl (C=O) groups is 1. The van der Waals surface area contributed by atoms with E-state index in [4.69, 9.17) is 5.11 Å².